The van der Waals surface area contributed by atoms with Crippen LogP contribution < -0.4 is 20.1 Å². The summed E-state index contributed by atoms with van der Waals surface area (Å²) in [4.78, 5) is 23.2. The van der Waals surface area contributed by atoms with E-state index < -0.39 is 12.2 Å². The van der Waals surface area contributed by atoms with Crippen LogP contribution in [-0.4, -0.2) is 51.7 Å². The maximum Gasteiger partial charge on any atom is 0.407 e. The molecule has 0 atom stereocenters. The SMILES string of the molecule is O=C(NCCCCCCNC(=O)OCCOc1ccccc1)OCCOc1ccccc1. The Hall–Kier alpha value is -3.42. The van der Waals surface area contributed by atoms with E-state index in [0.717, 1.165) is 37.2 Å². The molecule has 2 rings (SSSR count). The van der Waals surface area contributed by atoms with Gasteiger partial charge >= 0.3 is 12.2 Å². The van der Waals surface area contributed by atoms with Gasteiger partial charge in [-0.1, -0.05) is 49.2 Å². The van der Waals surface area contributed by atoms with Crippen LogP contribution in [0.3, 0.4) is 0 Å². The summed E-state index contributed by atoms with van der Waals surface area (Å²) in [7, 11) is 0. The van der Waals surface area contributed by atoms with Crippen molar-refractivity contribution in [2.75, 3.05) is 39.5 Å². The number of unbranched alkanes of at least 4 members (excludes halogenated alkanes) is 3. The Morgan fingerprint density at radius 2 is 0.969 bits per heavy atom. The highest BCUT2D eigenvalue weighted by molar-refractivity contribution is 5.67. The lowest BCUT2D eigenvalue weighted by molar-refractivity contribution is 0.124. The first-order valence-corrected chi connectivity index (χ1v) is 10.9. The normalized spacial score (nSPS) is 10.1. The third kappa shape index (κ3) is 12.3. The Labute approximate surface area is 189 Å². The van der Waals surface area contributed by atoms with Gasteiger partial charge < -0.3 is 29.6 Å². The molecule has 2 aromatic carbocycles. The molecule has 2 aromatic rings. The summed E-state index contributed by atoms with van der Waals surface area (Å²) in [5, 5.41) is 5.43. The number of para-hydroxylation sites is 2. The van der Waals surface area contributed by atoms with Gasteiger partial charge in [-0.25, -0.2) is 9.59 Å². The van der Waals surface area contributed by atoms with E-state index in [2.05, 4.69) is 10.6 Å². The second-order valence-corrected chi connectivity index (χ2v) is 6.86. The third-order valence-electron chi connectivity index (χ3n) is 4.30. The van der Waals surface area contributed by atoms with E-state index in [1.54, 1.807) is 0 Å². The number of carbonyl (C=O) groups is 2. The minimum atomic E-state index is -0.442. The van der Waals surface area contributed by atoms with E-state index in [0.29, 0.717) is 26.3 Å². The third-order valence-corrected chi connectivity index (χ3v) is 4.30. The topological polar surface area (TPSA) is 95.1 Å². The van der Waals surface area contributed by atoms with Crippen molar-refractivity contribution in [3.63, 3.8) is 0 Å². The second-order valence-electron chi connectivity index (χ2n) is 6.86. The van der Waals surface area contributed by atoms with Gasteiger partial charge in [0, 0.05) is 13.1 Å². The monoisotopic (exact) mass is 444 g/mol. The molecule has 0 saturated heterocycles. The first-order chi connectivity index (χ1) is 15.7. The fraction of sp³-hybridized carbons (Fsp3) is 0.417. The van der Waals surface area contributed by atoms with E-state index in [1.807, 2.05) is 60.7 Å². The fourth-order valence-electron chi connectivity index (χ4n) is 2.71. The van der Waals surface area contributed by atoms with Gasteiger partial charge in [-0.2, -0.15) is 0 Å². The molecule has 0 unspecified atom stereocenters. The number of benzene rings is 2. The van der Waals surface area contributed by atoms with Gasteiger partial charge in [-0.05, 0) is 37.1 Å². The summed E-state index contributed by atoms with van der Waals surface area (Å²) in [5.74, 6) is 1.49. The molecular weight excluding hydrogens is 412 g/mol. The molecule has 8 heteroatoms. The lowest BCUT2D eigenvalue weighted by atomic mass is 10.2. The smallest absolute Gasteiger partial charge is 0.407 e. The van der Waals surface area contributed by atoms with Crippen molar-refractivity contribution in [2.24, 2.45) is 0 Å². The molecule has 0 saturated carbocycles. The molecule has 0 aliphatic carbocycles. The number of rotatable bonds is 15. The lowest BCUT2D eigenvalue weighted by Gasteiger charge is -2.09. The number of hydrogen-bond donors (Lipinski definition) is 2. The molecule has 0 fully saturated rings. The quantitative estimate of drug-likeness (QED) is 0.401. The highest BCUT2D eigenvalue weighted by atomic mass is 16.6. The Bertz CT molecular complexity index is 692. The van der Waals surface area contributed by atoms with Crippen LogP contribution in [0.15, 0.2) is 60.7 Å². The average molecular weight is 445 g/mol. The molecule has 0 bridgehead atoms. The number of alkyl carbamates (subject to hydrolysis) is 2. The van der Waals surface area contributed by atoms with E-state index in [-0.39, 0.29) is 13.2 Å². The Balaban J connectivity index is 1.32. The van der Waals surface area contributed by atoms with E-state index in [4.69, 9.17) is 18.9 Å². The molecule has 0 aliphatic heterocycles. The molecule has 0 heterocycles. The van der Waals surface area contributed by atoms with Gasteiger partial charge in [0.15, 0.2) is 0 Å². The van der Waals surface area contributed by atoms with Crippen molar-refractivity contribution in [2.45, 2.75) is 25.7 Å². The predicted octanol–water partition coefficient (Wildman–Crippen LogP) is 4.16. The molecule has 2 amide bonds. The van der Waals surface area contributed by atoms with Crippen LogP contribution in [0.25, 0.3) is 0 Å². The van der Waals surface area contributed by atoms with E-state index in [1.165, 1.54) is 0 Å². The van der Waals surface area contributed by atoms with Crippen LogP contribution in [0, 0.1) is 0 Å². The predicted molar refractivity (Wildman–Crippen MR) is 121 cm³/mol. The van der Waals surface area contributed by atoms with Crippen molar-refractivity contribution in [1.82, 2.24) is 10.6 Å². The number of ether oxygens (including phenoxy) is 4. The van der Waals surface area contributed by atoms with Crippen molar-refractivity contribution < 1.29 is 28.5 Å². The van der Waals surface area contributed by atoms with Crippen LogP contribution in [0.4, 0.5) is 9.59 Å². The highest BCUT2D eigenvalue weighted by Crippen LogP contribution is 2.08. The maximum atomic E-state index is 11.6. The molecule has 0 aromatic heterocycles. The van der Waals surface area contributed by atoms with E-state index >= 15 is 0 Å². The number of amides is 2. The number of hydrogen-bond acceptors (Lipinski definition) is 6. The summed E-state index contributed by atoms with van der Waals surface area (Å²) in [6.07, 6.45) is 2.69. The largest absolute Gasteiger partial charge is 0.490 e. The van der Waals surface area contributed by atoms with Gasteiger partial charge in [0.25, 0.3) is 0 Å². The minimum Gasteiger partial charge on any atom is -0.490 e. The zero-order valence-corrected chi connectivity index (χ0v) is 18.3. The molecular formula is C24H32N2O6. The summed E-state index contributed by atoms with van der Waals surface area (Å²) in [6.45, 7) is 2.12. The number of carbonyl (C=O) groups excluding carboxylic acids is 2. The summed E-state index contributed by atoms with van der Waals surface area (Å²) in [6, 6.07) is 18.7. The summed E-state index contributed by atoms with van der Waals surface area (Å²) in [5.41, 5.74) is 0. The van der Waals surface area contributed by atoms with Gasteiger partial charge in [0.2, 0.25) is 0 Å². The van der Waals surface area contributed by atoms with Gasteiger partial charge in [-0.15, -0.1) is 0 Å². The van der Waals surface area contributed by atoms with Crippen LogP contribution in [0.1, 0.15) is 25.7 Å². The average Bonchev–Trinajstić information content (AvgIpc) is 2.82. The van der Waals surface area contributed by atoms with Crippen molar-refractivity contribution in [3.8, 4) is 11.5 Å². The van der Waals surface area contributed by atoms with Crippen LogP contribution in [0.2, 0.25) is 0 Å². The Morgan fingerprint density at radius 3 is 1.38 bits per heavy atom. The summed E-state index contributed by atoms with van der Waals surface area (Å²) >= 11 is 0. The minimum absolute atomic E-state index is 0.195. The van der Waals surface area contributed by atoms with Crippen molar-refractivity contribution in [1.29, 1.82) is 0 Å². The lowest BCUT2D eigenvalue weighted by Crippen LogP contribution is -2.27. The maximum absolute atomic E-state index is 11.6. The standard InChI is InChI=1S/C24H32N2O6/c27-23(31-19-17-29-21-11-5-3-6-12-21)25-15-9-1-2-10-16-26-24(28)32-20-18-30-22-13-7-4-8-14-22/h3-8,11-14H,1-2,9-10,15-20H2,(H,25,27)(H,26,28). The van der Waals surface area contributed by atoms with Gasteiger partial charge in [0.05, 0.1) is 0 Å². The molecule has 174 valence electrons. The van der Waals surface area contributed by atoms with Crippen molar-refractivity contribution in [3.05, 3.63) is 60.7 Å². The molecule has 0 aliphatic rings. The first-order valence-electron chi connectivity index (χ1n) is 10.9. The highest BCUT2D eigenvalue weighted by Gasteiger charge is 2.03. The van der Waals surface area contributed by atoms with Crippen LogP contribution in [0.5, 0.6) is 11.5 Å². The zero-order valence-electron chi connectivity index (χ0n) is 18.3. The molecule has 8 nitrogen and oxygen atoms in total. The zero-order chi connectivity index (χ0) is 22.7. The molecule has 0 spiro atoms. The molecule has 32 heavy (non-hydrogen) atoms. The van der Waals surface area contributed by atoms with Gasteiger partial charge in [-0.3, -0.25) is 0 Å². The first kappa shape index (κ1) is 24.8. The fourth-order valence-corrected chi connectivity index (χ4v) is 2.71. The van der Waals surface area contributed by atoms with E-state index in [9.17, 15) is 9.59 Å². The molecule has 0 radical (unpaired) electrons. The Kier molecular flexibility index (Phi) is 12.7. The van der Waals surface area contributed by atoms with Crippen LogP contribution >= 0.6 is 0 Å². The second kappa shape index (κ2) is 16.3. The van der Waals surface area contributed by atoms with Crippen molar-refractivity contribution >= 4 is 12.2 Å². The van der Waals surface area contributed by atoms with Gasteiger partial charge in [0.1, 0.15) is 37.9 Å². The number of nitrogens with one attached hydrogen (secondary N) is 2. The summed E-state index contributed by atoms with van der Waals surface area (Å²) < 4.78 is 21.0. The molecule has 2 N–H and O–H groups in total. The Morgan fingerprint density at radius 1 is 0.562 bits per heavy atom. The van der Waals surface area contributed by atoms with Crippen LogP contribution in [-0.2, 0) is 9.47 Å².